The fourth-order valence-electron chi connectivity index (χ4n) is 4.06. The molecule has 8 heteroatoms. The lowest BCUT2D eigenvalue weighted by atomic mass is 10.0. The van der Waals surface area contributed by atoms with Gasteiger partial charge in [-0.25, -0.2) is 0 Å². The summed E-state index contributed by atoms with van der Waals surface area (Å²) in [6.45, 7) is 6.71. The lowest BCUT2D eigenvalue weighted by molar-refractivity contribution is -0.134. The number of nitrogens with one attached hydrogen (secondary N) is 1. The van der Waals surface area contributed by atoms with Gasteiger partial charge >= 0.3 is 0 Å². The van der Waals surface area contributed by atoms with E-state index >= 15 is 0 Å². The maximum absolute atomic E-state index is 13.5. The third-order valence-corrected chi connectivity index (χ3v) is 6.08. The minimum Gasteiger partial charge on any atom is -0.497 e. The maximum Gasteiger partial charge on any atom is 0.252 e. The summed E-state index contributed by atoms with van der Waals surface area (Å²) in [6.07, 6.45) is 0.851. The van der Waals surface area contributed by atoms with Gasteiger partial charge in [0.25, 0.3) is 5.91 Å². The normalized spacial score (nSPS) is 14.9. The van der Waals surface area contributed by atoms with Gasteiger partial charge in [-0.3, -0.25) is 9.59 Å². The Morgan fingerprint density at radius 3 is 2.00 bits per heavy atom. The van der Waals surface area contributed by atoms with Crippen LogP contribution in [0.1, 0.15) is 30.6 Å². The van der Waals surface area contributed by atoms with Crippen LogP contribution in [0, 0.1) is 5.92 Å². The predicted molar refractivity (Wildman–Crippen MR) is 132 cm³/mol. The number of hydrogen-bond donors (Lipinski definition) is 1. The summed E-state index contributed by atoms with van der Waals surface area (Å²) in [5.41, 5.74) is 1.49. The number of ether oxygens (including phenoxy) is 3. The van der Waals surface area contributed by atoms with E-state index in [1.165, 1.54) is 14.2 Å². The molecule has 34 heavy (non-hydrogen) atoms. The van der Waals surface area contributed by atoms with Crippen LogP contribution in [0.25, 0.3) is 0 Å². The molecule has 2 amide bonds. The van der Waals surface area contributed by atoms with Crippen LogP contribution in [0.2, 0.25) is 0 Å². The van der Waals surface area contributed by atoms with E-state index in [1.54, 1.807) is 25.3 Å². The summed E-state index contributed by atoms with van der Waals surface area (Å²) < 4.78 is 15.8. The second-order valence-electron chi connectivity index (χ2n) is 8.66. The first-order chi connectivity index (χ1) is 16.4. The molecule has 8 nitrogen and oxygen atoms in total. The van der Waals surface area contributed by atoms with Gasteiger partial charge in [0.1, 0.15) is 23.3 Å². The highest BCUT2D eigenvalue weighted by Crippen LogP contribution is 2.23. The Morgan fingerprint density at radius 1 is 0.824 bits per heavy atom. The first-order valence-electron chi connectivity index (χ1n) is 11.6. The van der Waals surface area contributed by atoms with Crippen molar-refractivity contribution in [2.75, 3.05) is 52.4 Å². The summed E-state index contributed by atoms with van der Waals surface area (Å²) in [5, 5.41) is 2.94. The summed E-state index contributed by atoms with van der Waals surface area (Å²) in [6, 6.07) is 12.3. The predicted octanol–water partition coefficient (Wildman–Crippen LogP) is 3.21. The van der Waals surface area contributed by atoms with Crippen LogP contribution in [0.15, 0.2) is 42.5 Å². The summed E-state index contributed by atoms with van der Waals surface area (Å²) >= 11 is 0. The van der Waals surface area contributed by atoms with E-state index in [9.17, 15) is 9.59 Å². The first kappa shape index (κ1) is 25.2. The largest absolute Gasteiger partial charge is 0.497 e. The van der Waals surface area contributed by atoms with E-state index in [1.807, 2.05) is 43.0 Å². The number of anilines is 1. The number of methoxy groups -OCH3 is 3. The van der Waals surface area contributed by atoms with Gasteiger partial charge in [0.15, 0.2) is 0 Å². The SMILES string of the molecule is COc1ccc(N2CCCN(C(=O)C(NC(=O)c3cc(OC)cc(OC)c3)C(C)C)CC2)cc1. The van der Waals surface area contributed by atoms with E-state index < -0.39 is 6.04 Å². The van der Waals surface area contributed by atoms with Gasteiger partial charge in [-0.15, -0.1) is 0 Å². The highest BCUT2D eigenvalue weighted by atomic mass is 16.5. The van der Waals surface area contributed by atoms with Crippen molar-refractivity contribution in [3.8, 4) is 17.2 Å². The van der Waals surface area contributed by atoms with Gasteiger partial charge in [0, 0.05) is 43.5 Å². The van der Waals surface area contributed by atoms with Crippen LogP contribution in [0.3, 0.4) is 0 Å². The van der Waals surface area contributed by atoms with Crippen molar-refractivity contribution in [1.82, 2.24) is 10.2 Å². The fraction of sp³-hybridized carbons (Fsp3) is 0.462. The van der Waals surface area contributed by atoms with E-state index in [0.29, 0.717) is 30.2 Å². The van der Waals surface area contributed by atoms with Gasteiger partial charge in [0.05, 0.1) is 21.3 Å². The third kappa shape index (κ3) is 6.12. The van der Waals surface area contributed by atoms with Crippen molar-refractivity contribution < 1.29 is 23.8 Å². The molecule has 1 aliphatic rings. The number of rotatable bonds is 8. The van der Waals surface area contributed by atoms with Gasteiger partial charge in [-0.1, -0.05) is 13.8 Å². The molecular formula is C26H35N3O5. The maximum atomic E-state index is 13.5. The molecule has 1 saturated heterocycles. The van der Waals surface area contributed by atoms with Crippen LogP contribution < -0.4 is 24.4 Å². The van der Waals surface area contributed by atoms with Crippen molar-refractivity contribution in [3.05, 3.63) is 48.0 Å². The van der Waals surface area contributed by atoms with Crippen LogP contribution in [0.5, 0.6) is 17.2 Å². The van der Waals surface area contributed by atoms with Crippen LogP contribution in [0.4, 0.5) is 5.69 Å². The van der Waals surface area contributed by atoms with Crippen LogP contribution >= 0.6 is 0 Å². The molecule has 3 rings (SSSR count). The summed E-state index contributed by atoms with van der Waals surface area (Å²) in [7, 11) is 4.72. The lowest BCUT2D eigenvalue weighted by Crippen LogP contribution is -2.52. The molecule has 1 fully saturated rings. The molecule has 0 bridgehead atoms. The fourth-order valence-corrected chi connectivity index (χ4v) is 4.06. The van der Waals surface area contributed by atoms with E-state index in [0.717, 1.165) is 30.9 Å². The van der Waals surface area contributed by atoms with Crippen molar-refractivity contribution in [3.63, 3.8) is 0 Å². The molecule has 0 aliphatic carbocycles. The molecular weight excluding hydrogens is 434 g/mol. The highest BCUT2D eigenvalue weighted by molar-refractivity contribution is 5.98. The van der Waals surface area contributed by atoms with Crippen molar-refractivity contribution in [1.29, 1.82) is 0 Å². The highest BCUT2D eigenvalue weighted by Gasteiger charge is 2.30. The molecule has 1 heterocycles. The number of nitrogens with zero attached hydrogens (tertiary/aromatic N) is 2. The monoisotopic (exact) mass is 469 g/mol. The minimum atomic E-state index is -0.628. The number of carbonyl (C=O) groups excluding carboxylic acids is 2. The Hall–Kier alpha value is -3.42. The zero-order valence-electron chi connectivity index (χ0n) is 20.7. The second kappa shape index (κ2) is 11.6. The molecule has 0 aromatic heterocycles. The summed E-state index contributed by atoms with van der Waals surface area (Å²) in [4.78, 5) is 30.6. The standard InChI is InChI=1S/C26H35N3O5/c1-18(2)24(27-25(30)19-15-22(33-4)17-23(16-19)34-5)26(31)29-12-6-11-28(13-14-29)20-7-9-21(32-3)10-8-20/h7-10,15-18,24H,6,11-14H2,1-5H3,(H,27,30). The number of carbonyl (C=O) groups is 2. The molecule has 0 saturated carbocycles. The molecule has 1 atom stereocenters. The van der Waals surface area contributed by atoms with Crippen LogP contribution in [-0.4, -0.2) is 70.3 Å². The van der Waals surface area contributed by atoms with E-state index in [4.69, 9.17) is 14.2 Å². The molecule has 184 valence electrons. The smallest absolute Gasteiger partial charge is 0.252 e. The molecule has 0 spiro atoms. The van der Waals surface area contributed by atoms with Gasteiger partial charge < -0.3 is 29.3 Å². The Labute approximate surface area is 201 Å². The Balaban J connectivity index is 1.68. The van der Waals surface area contributed by atoms with Gasteiger partial charge in [-0.05, 0) is 48.7 Å². The average Bonchev–Trinajstić information content (AvgIpc) is 3.12. The van der Waals surface area contributed by atoms with Crippen LogP contribution in [-0.2, 0) is 4.79 Å². The van der Waals surface area contributed by atoms with E-state index in [2.05, 4.69) is 10.2 Å². The third-order valence-electron chi connectivity index (χ3n) is 6.08. The number of hydrogen-bond acceptors (Lipinski definition) is 6. The Kier molecular flexibility index (Phi) is 8.62. The number of amides is 2. The second-order valence-corrected chi connectivity index (χ2v) is 8.66. The number of benzene rings is 2. The Morgan fingerprint density at radius 2 is 1.44 bits per heavy atom. The topological polar surface area (TPSA) is 80.3 Å². The Bertz CT molecular complexity index is 955. The molecule has 2 aromatic rings. The lowest BCUT2D eigenvalue weighted by Gasteiger charge is -2.29. The quantitative estimate of drug-likeness (QED) is 0.640. The first-order valence-corrected chi connectivity index (χ1v) is 11.6. The van der Waals surface area contributed by atoms with E-state index in [-0.39, 0.29) is 17.7 Å². The average molecular weight is 470 g/mol. The van der Waals surface area contributed by atoms with Gasteiger partial charge in [0.2, 0.25) is 5.91 Å². The van der Waals surface area contributed by atoms with Crippen molar-refractivity contribution >= 4 is 17.5 Å². The molecule has 1 aliphatic heterocycles. The zero-order chi connectivity index (χ0) is 24.7. The molecule has 0 radical (unpaired) electrons. The minimum absolute atomic E-state index is 0.0604. The van der Waals surface area contributed by atoms with Gasteiger partial charge in [-0.2, -0.15) is 0 Å². The van der Waals surface area contributed by atoms with Crippen molar-refractivity contribution in [2.45, 2.75) is 26.3 Å². The summed E-state index contributed by atoms with van der Waals surface area (Å²) in [5.74, 6) is 1.39. The molecule has 2 aromatic carbocycles. The molecule has 1 unspecified atom stereocenters. The zero-order valence-corrected chi connectivity index (χ0v) is 20.7. The molecule has 1 N–H and O–H groups in total. The van der Waals surface area contributed by atoms with Crippen molar-refractivity contribution in [2.24, 2.45) is 5.92 Å².